The van der Waals surface area contributed by atoms with Crippen molar-refractivity contribution in [2.75, 3.05) is 11.9 Å². The number of rotatable bonds is 8. The van der Waals surface area contributed by atoms with E-state index in [0.29, 0.717) is 18.0 Å². The third kappa shape index (κ3) is 6.42. The van der Waals surface area contributed by atoms with Gasteiger partial charge in [0.1, 0.15) is 0 Å². The van der Waals surface area contributed by atoms with Crippen LogP contribution in [0.15, 0.2) is 54.6 Å². The quantitative estimate of drug-likeness (QED) is 0.729. The molecule has 2 rings (SSSR count). The molecule has 2 aromatic carbocycles. The molecule has 1 N–H and O–H groups in total. The molecule has 4 heteroatoms. The van der Waals surface area contributed by atoms with Gasteiger partial charge in [-0.3, -0.25) is 9.59 Å². The zero-order valence-electron chi connectivity index (χ0n) is 14.8. The van der Waals surface area contributed by atoms with Crippen molar-refractivity contribution in [2.45, 2.75) is 39.0 Å². The molecule has 25 heavy (non-hydrogen) atoms. The van der Waals surface area contributed by atoms with Crippen molar-refractivity contribution in [3.8, 4) is 0 Å². The number of carbonyl (C=O) groups is 2. The van der Waals surface area contributed by atoms with Crippen molar-refractivity contribution in [2.24, 2.45) is 0 Å². The zero-order chi connectivity index (χ0) is 18.1. The summed E-state index contributed by atoms with van der Waals surface area (Å²) in [4.78, 5) is 23.6. The Bertz CT molecular complexity index is 680. The number of hydrogen-bond acceptors (Lipinski definition) is 3. The average molecular weight is 339 g/mol. The number of ether oxygens (including phenoxy) is 1. The van der Waals surface area contributed by atoms with Crippen LogP contribution >= 0.6 is 0 Å². The molecule has 132 valence electrons. The van der Waals surface area contributed by atoms with E-state index < -0.39 is 0 Å². The summed E-state index contributed by atoms with van der Waals surface area (Å²) in [7, 11) is 0. The Morgan fingerprint density at radius 2 is 1.72 bits per heavy atom. The van der Waals surface area contributed by atoms with Crippen LogP contribution in [0.4, 0.5) is 5.69 Å². The summed E-state index contributed by atoms with van der Waals surface area (Å²) < 4.78 is 5.03. The largest absolute Gasteiger partial charge is 0.456 e. The van der Waals surface area contributed by atoms with Gasteiger partial charge >= 0.3 is 5.97 Å². The molecule has 0 aliphatic heterocycles. The van der Waals surface area contributed by atoms with Gasteiger partial charge in [0.2, 0.25) is 0 Å². The highest BCUT2D eigenvalue weighted by atomic mass is 16.5. The van der Waals surface area contributed by atoms with Gasteiger partial charge in [0, 0.05) is 12.1 Å². The van der Waals surface area contributed by atoms with Gasteiger partial charge in [-0.05, 0) is 42.0 Å². The van der Waals surface area contributed by atoms with E-state index in [1.165, 1.54) is 5.56 Å². The van der Waals surface area contributed by atoms with Crippen molar-refractivity contribution in [3.63, 3.8) is 0 Å². The lowest BCUT2D eigenvalue weighted by atomic mass is 9.99. The predicted octanol–water partition coefficient (Wildman–Crippen LogP) is 4.31. The van der Waals surface area contributed by atoms with Crippen molar-refractivity contribution in [1.82, 2.24) is 0 Å². The van der Waals surface area contributed by atoms with Crippen molar-refractivity contribution < 1.29 is 14.3 Å². The Kier molecular flexibility index (Phi) is 7.20. The maximum absolute atomic E-state index is 11.9. The molecule has 0 spiro atoms. The van der Waals surface area contributed by atoms with Crippen LogP contribution < -0.4 is 5.32 Å². The molecule has 0 radical (unpaired) electrons. The normalized spacial score (nSPS) is 11.6. The summed E-state index contributed by atoms with van der Waals surface area (Å²) >= 11 is 0. The average Bonchev–Trinajstić information content (AvgIpc) is 2.65. The summed E-state index contributed by atoms with van der Waals surface area (Å²) in [5.74, 6) is -0.203. The third-order valence-corrected chi connectivity index (χ3v) is 4.20. The third-order valence-electron chi connectivity index (χ3n) is 4.20. The van der Waals surface area contributed by atoms with Crippen molar-refractivity contribution >= 4 is 17.6 Å². The van der Waals surface area contributed by atoms with E-state index >= 15 is 0 Å². The minimum absolute atomic E-state index is 0.263. The van der Waals surface area contributed by atoms with Crippen LogP contribution in [-0.4, -0.2) is 18.5 Å². The Morgan fingerprint density at radius 1 is 1.04 bits per heavy atom. The maximum Gasteiger partial charge on any atom is 0.306 e. The fourth-order valence-corrected chi connectivity index (χ4v) is 2.44. The number of nitrogens with one attached hydrogen (secondary N) is 1. The number of amides is 1. The first kappa shape index (κ1) is 18.7. The number of carbonyl (C=O) groups excluding carboxylic acids is 2. The summed E-state index contributed by atoms with van der Waals surface area (Å²) in [5.41, 5.74) is 3.02. The summed E-state index contributed by atoms with van der Waals surface area (Å²) in [5, 5.41) is 2.74. The highest BCUT2D eigenvalue weighted by Gasteiger charge is 2.09. The molecule has 0 unspecified atom stereocenters. The van der Waals surface area contributed by atoms with Gasteiger partial charge < -0.3 is 10.1 Å². The van der Waals surface area contributed by atoms with Gasteiger partial charge in [-0.15, -0.1) is 0 Å². The minimum Gasteiger partial charge on any atom is -0.456 e. The number of anilines is 1. The first-order valence-corrected chi connectivity index (χ1v) is 8.68. The maximum atomic E-state index is 11.9. The number of benzene rings is 2. The molecule has 0 fully saturated rings. The van der Waals surface area contributed by atoms with Gasteiger partial charge in [-0.25, -0.2) is 0 Å². The molecule has 0 aliphatic rings. The molecule has 1 amide bonds. The van der Waals surface area contributed by atoms with E-state index in [2.05, 4.69) is 19.2 Å². The number of hydrogen-bond donors (Lipinski definition) is 1. The molecular weight excluding hydrogens is 314 g/mol. The summed E-state index contributed by atoms with van der Waals surface area (Å²) in [6, 6.07) is 17.5. The number of aryl methyl sites for hydroxylation is 1. The molecule has 0 aromatic heterocycles. The molecule has 0 aliphatic carbocycles. The van der Waals surface area contributed by atoms with Gasteiger partial charge in [-0.2, -0.15) is 0 Å². The molecule has 0 saturated carbocycles. The Morgan fingerprint density at radius 3 is 2.36 bits per heavy atom. The summed E-state index contributed by atoms with van der Waals surface area (Å²) in [6.07, 6.45) is 1.95. The van der Waals surface area contributed by atoms with Crippen LogP contribution in [0, 0.1) is 0 Å². The Labute approximate surface area is 149 Å². The van der Waals surface area contributed by atoms with Crippen LogP contribution in [0.2, 0.25) is 0 Å². The summed E-state index contributed by atoms with van der Waals surface area (Å²) in [6.45, 7) is 4.05. The lowest BCUT2D eigenvalue weighted by Gasteiger charge is -2.10. The number of esters is 1. The standard InChI is InChI=1S/C21H25NO3/c1-3-16(2)18-10-12-19(13-11-18)22-20(23)15-25-21(24)14-9-17-7-5-4-6-8-17/h4-8,10-13,16H,3,9,14-15H2,1-2H3,(H,22,23)/t16-/m0/s1. The first-order valence-electron chi connectivity index (χ1n) is 8.68. The van der Waals surface area contributed by atoms with Gasteiger partial charge in [0.25, 0.3) is 5.91 Å². The highest BCUT2D eigenvalue weighted by Crippen LogP contribution is 2.20. The van der Waals surface area contributed by atoms with Gasteiger partial charge in [0.05, 0.1) is 0 Å². The minimum atomic E-state index is -0.369. The highest BCUT2D eigenvalue weighted by molar-refractivity contribution is 5.92. The van der Waals surface area contributed by atoms with Crippen molar-refractivity contribution in [3.05, 3.63) is 65.7 Å². The lowest BCUT2D eigenvalue weighted by molar-refractivity contribution is -0.147. The van der Waals surface area contributed by atoms with Crippen LogP contribution in [-0.2, 0) is 20.7 Å². The monoisotopic (exact) mass is 339 g/mol. The second-order valence-corrected chi connectivity index (χ2v) is 6.13. The fraction of sp³-hybridized carbons (Fsp3) is 0.333. The second kappa shape index (κ2) is 9.62. The smallest absolute Gasteiger partial charge is 0.306 e. The first-order chi connectivity index (χ1) is 12.1. The molecule has 2 aromatic rings. The van der Waals surface area contributed by atoms with Gasteiger partial charge in [0.15, 0.2) is 6.61 Å². The molecular formula is C21H25NO3. The Hall–Kier alpha value is -2.62. The molecule has 1 atom stereocenters. The van der Waals surface area contributed by atoms with E-state index in [0.717, 1.165) is 12.0 Å². The fourth-order valence-electron chi connectivity index (χ4n) is 2.44. The van der Waals surface area contributed by atoms with Crippen LogP contribution in [0.5, 0.6) is 0 Å². The van der Waals surface area contributed by atoms with E-state index in [9.17, 15) is 9.59 Å². The second-order valence-electron chi connectivity index (χ2n) is 6.13. The topological polar surface area (TPSA) is 55.4 Å². The lowest BCUT2D eigenvalue weighted by Crippen LogP contribution is -2.21. The van der Waals surface area contributed by atoms with Crippen LogP contribution in [0.25, 0.3) is 0 Å². The molecule has 0 saturated heterocycles. The van der Waals surface area contributed by atoms with Crippen molar-refractivity contribution in [1.29, 1.82) is 0 Å². The van der Waals surface area contributed by atoms with E-state index in [1.807, 2.05) is 54.6 Å². The van der Waals surface area contributed by atoms with E-state index in [1.54, 1.807) is 0 Å². The molecule has 4 nitrogen and oxygen atoms in total. The SMILES string of the molecule is CC[C@H](C)c1ccc(NC(=O)COC(=O)CCc2ccccc2)cc1. The predicted molar refractivity (Wildman–Crippen MR) is 99.5 cm³/mol. The molecule has 0 heterocycles. The zero-order valence-corrected chi connectivity index (χ0v) is 14.8. The van der Waals surface area contributed by atoms with E-state index in [-0.39, 0.29) is 24.9 Å². The van der Waals surface area contributed by atoms with E-state index in [4.69, 9.17) is 4.74 Å². The van der Waals surface area contributed by atoms with Crippen LogP contribution in [0.1, 0.15) is 43.7 Å². The molecule has 0 bridgehead atoms. The Balaban J connectivity index is 1.72. The van der Waals surface area contributed by atoms with Gasteiger partial charge in [-0.1, -0.05) is 56.3 Å². The van der Waals surface area contributed by atoms with Crippen LogP contribution in [0.3, 0.4) is 0 Å².